The fourth-order valence-electron chi connectivity index (χ4n) is 3.40. The maximum atomic E-state index is 12.6. The fourth-order valence-corrected chi connectivity index (χ4v) is 3.40. The van der Waals surface area contributed by atoms with E-state index in [4.69, 9.17) is 4.52 Å². The van der Waals surface area contributed by atoms with Gasteiger partial charge in [0.25, 0.3) is 0 Å². The smallest absolute Gasteiger partial charge is 0.228 e. The topological polar surface area (TPSA) is 49.6 Å². The molecule has 1 amide bonds. The van der Waals surface area contributed by atoms with Crippen molar-refractivity contribution in [3.8, 4) is 11.3 Å². The first-order chi connectivity index (χ1) is 13.3. The highest BCUT2D eigenvalue weighted by Crippen LogP contribution is 2.20. The number of carbonyl (C=O) groups is 1. The third-order valence-corrected chi connectivity index (χ3v) is 4.92. The molecule has 1 aliphatic rings. The molecule has 0 N–H and O–H groups in total. The van der Waals surface area contributed by atoms with E-state index in [1.807, 2.05) is 47.4 Å². The summed E-state index contributed by atoms with van der Waals surface area (Å²) in [6.45, 7) is 4.25. The Hall–Kier alpha value is -2.92. The van der Waals surface area contributed by atoms with Gasteiger partial charge in [-0.05, 0) is 5.56 Å². The molecular weight excluding hydrogens is 338 g/mol. The second kappa shape index (κ2) is 8.18. The van der Waals surface area contributed by atoms with Gasteiger partial charge in [-0.2, -0.15) is 0 Å². The van der Waals surface area contributed by atoms with Crippen molar-refractivity contribution >= 4 is 5.91 Å². The Bertz CT molecular complexity index is 869. The van der Waals surface area contributed by atoms with Crippen molar-refractivity contribution in [2.24, 2.45) is 0 Å². The molecule has 0 atom stereocenters. The summed E-state index contributed by atoms with van der Waals surface area (Å²) in [4.78, 5) is 16.9. The van der Waals surface area contributed by atoms with Gasteiger partial charge in [0.15, 0.2) is 5.76 Å². The summed E-state index contributed by atoms with van der Waals surface area (Å²) in [5.74, 6) is 0.813. The van der Waals surface area contributed by atoms with Crippen molar-refractivity contribution in [3.05, 3.63) is 78.0 Å². The van der Waals surface area contributed by atoms with E-state index < -0.39 is 0 Å². The molecule has 4 rings (SSSR count). The van der Waals surface area contributed by atoms with Gasteiger partial charge in [-0.25, -0.2) is 0 Å². The Kier molecular flexibility index (Phi) is 5.30. The van der Waals surface area contributed by atoms with Crippen LogP contribution in [-0.4, -0.2) is 47.0 Å². The van der Waals surface area contributed by atoms with E-state index in [-0.39, 0.29) is 12.3 Å². The van der Waals surface area contributed by atoms with Crippen LogP contribution < -0.4 is 0 Å². The van der Waals surface area contributed by atoms with E-state index in [0.717, 1.165) is 38.3 Å². The van der Waals surface area contributed by atoms with Crippen molar-refractivity contribution < 1.29 is 9.32 Å². The summed E-state index contributed by atoms with van der Waals surface area (Å²) in [7, 11) is 0. The number of hydrogen-bond acceptors (Lipinski definition) is 4. The second-order valence-corrected chi connectivity index (χ2v) is 6.87. The number of nitrogens with zero attached hydrogens (tertiary/aromatic N) is 3. The number of piperazine rings is 1. The first-order valence-electron chi connectivity index (χ1n) is 9.33. The molecular formula is C22H23N3O2. The maximum Gasteiger partial charge on any atom is 0.228 e. The number of rotatable bonds is 5. The van der Waals surface area contributed by atoms with Crippen LogP contribution in [0, 0.1) is 0 Å². The lowest BCUT2D eigenvalue weighted by molar-refractivity contribution is -0.132. The van der Waals surface area contributed by atoms with Crippen LogP contribution in [0.3, 0.4) is 0 Å². The summed E-state index contributed by atoms with van der Waals surface area (Å²) in [6, 6.07) is 22.1. The van der Waals surface area contributed by atoms with Crippen LogP contribution in [0.1, 0.15) is 11.3 Å². The molecule has 5 nitrogen and oxygen atoms in total. The Morgan fingerprint density at radius 1 is 0.926 bits per heavy atom. The van der Waals surface area contributed by atoms with Crippen LogP contribution in [0.25, 0.3) is 11.3 Å². The van der Waals surface area contributed by atoms with E-state index in [9.17, 15) is 4.79 Å². The number of carbonyl (C=O) groups excluding carboxylic acids is 1. The second-order valence-electron chi connectivity index (χ2n) is 6.87. The van der Waals surface area contributed by atoms with Crippen molar-refractivity contribution in [1.29, 1.82) is 0 Å². The molecule has 138 valence electrons. The van der Waals surface area contributed by atoms with Crippen molar-refractivity contribution in [3.63, 3.8) is 0 Å². The van der Waals surface area contributed by atoms with Gasteiger partial charge in [0.2, 0.25) is 5.91 Å². The molecule has 1 aliphatic heterocycles. The molecule has 27 heavy (non-hydrogen) atoms. The highest BCUT2D eigenvalue weighted by molar-refractivity contribution is 5.78. The zero-order chi connectivity index (χ0) is 18.5. The molecule has 0 saturated carbocycles. The third-order valence-electron chi connectivity index (χ3n) is 4.92. The Labute approximate surface area is 159 Å². The molecule has 0 bridgehead atoms. The molecule has 0 unspecified atom stereocenters. The number of hydrogen-bond donors (Lipinski definition) is 0. The van der Waals surface area contributed by atoms with E-state index >= 15 is 0 Å². The standard InChI is InChI=1S/C22H23N3O2/c26-22(16-20-15-21(27-23-20)19-9-5-2-6-10-19)25-13-11-24(12-14-25)17-18-7-3-1-4-8-18/h1-10,15H,11-14,16-17H2. The number of amides is 1. The van der Waals surface area contributed by atoms with E-state index in [2.05, 4.69) is 34.3 Å². The summed E-state index contributed by atoms with van der Waals surface area (Å²) in [5, 5.41) is 4.07. The first-order valence-corrected chi connectivity index (χ1v) is 9.33. The molecule has 1 aromatic heterocycles. The van der Waals surface area contributed by atoms with Crippen LogP contribution >= 0.6 is 0 Å². The van der Waals surface area contributed by atoms with Crippen molar-refractivity contribution in [2.45, 2.75) is 13.0 Å². The lowest BCUT2D eigenvalue weighted by Gasteiger charge is -2.34. The molecule has 2 aromatic carbocycles. The molecule has 0 radical (unpaired) electrons. The van der Waals surface area contributed by atoms with Gasteiger partial charge >= 0.3 is 0 Å². The molecule has 0 aliphatic carbocycles. The zero-order valence-electron chi connectivity index (χ0n) is 15.3. The summed E-state index contributed by atoms with van der Waals surface area (Å²) >= 11 is 0. The largest absolute Gasteiger partial charge is 0.356 e. The fraction of sp³-hybridized carbons (Fsp3) is 0.273. The van der Waals surface area contributed by atoms with Gasteiger partial charge in [0.1, 0.15) is 0 Å². The Balaban J connectivity index is 1.29. The van der Waals surface area contributed by atoms with Crippen LogP contribution in [0.2, 0.25) is 0 Å². The van der Waals surface area contributed by atoms with E-state index in [1.165, 1.54) is 5.56 Å². The van der Waals surface area contributed by atoms with Gasteiger partial charge in [-0.3, -0.25) is 9.69 Å². The van der Waals surface area contributed by atoms with Crippen LogP contribution in [-0.2, 0) is 17.8 Å². The zero-order valence-corrected chi connectivity index (χ0v) is 15.3. The van der Waals surface area contributed by atoms with Gasteiger partial charge in [-0.1, -0.05) is 65.8 Å². The minimum Gasteiger partial charge on any atom is -0.356 e. The highest BCUT2D eigenvalue weighted by Gasteiger charge is 2.22. The third kappa shape index (κ3) is 4.44. The van der Waals surface area contributed by atoms with Crippen LogP contribution in [0.5, 0.6) is 0 Å². The normalized spacial score (nSPS) is 15.0. The average Bonchev–Trinajstić information content (AvgIpc) is 3.18. The quantitative estimate of drug-likeness (QED) is 0.700. The van der Waals surface area contributed by atoms with Gasteiger partial charge in [0.05, 0.1) is 12.1 Å². The molecule has 2 heterocycles. The number of benzene rings is 2. The molecule has 0 spiro atoms. The lowest BCUT2D eigenvalue weighted by atomic mass is 10.1. The highest BCUT2D eigenvalue weighted by atomic mass is 16.5. The Morgan fingerprint density at radius 2 is 1.59 bits per heavy atom. The van der Waals surface area contributed by atoms with Crippen molar-refractivity contribution in [1.82, 2.24) is 15.0 Å². The summed E-state index contributed by atoms with van der Waals surface area (Å²) < 4.78 is 5.39. The molecule has 1 saturated heterocycles. The van der Waals surface area contributed by atoms with Gasteiger partial charge < -0.3 is 9.42 Å². The molecule has 3 aromatic rings. The predicted molar refractivity (Wildman–Crippen MR) is 104 cm³/mol. The summed E-state index contributed by atoms with van der Waals surface area (Å²) in [6.07, 6.45) is 0.287. The monoisotopic (exact) mass is 361 g/mol. The average molecular weight is 361 g/mol. The Morgan fingerprint density at radius 3 is 2.30 bits per heavy atom. The van der Waals surface area contributed by atoms with Crippen LogP contribution in [0.15, 0.2) is 71.3 Å². The van der Waals surface area contributed by atoms with E-state index in [0.29, 0.717) is 11.5 Å². The number of aromatic nitrogens is 1. The molecule has 5 heteroatoms. The lowest BCUT2D eigenvalue weighted by Crippen LogP contribution is -2.48. The minimum atomic E-state index is 0.113. The van der Waals surface area contributed by atoms with Crippen LogP contribution in [0.4, 0.5) is 0 Å². The van der Waals surface area contributed by atoms with Gasteiger partial charge in [-0.15, -0.1) is 0 Å². The van der Waals surface area contributed by atoms with Crippen molar-refractivity contribution in [2.75, 3.05) is 26.2 Å². The minimum absolute atomic E-state index is 0.113. The predicted octanol–water partition coefficient (Wildman–Crippen LogP) is 3.23. The summed E-state index contributed by atoms with van der Waals surface area (Å²) in [5.41, 5.74) is 2.97. The maximum absolute atomic E-state index is 12.6. The first kappa shape index (κ1) is 17.5. The SMILES string of the molecule is O=C(Cc1cc(-c2ccccc2)on1)N1CCN(Cc2ccccc2)CC1. The van der Waals surface area contributed by atoms with E-state index in [1.54, 1.807) is 0 Å². The van der Waals surface area contributed by atoms with Gasteiger partial charge in [0, 0.05) is 44.4 Å². The molecule has 1 fully saturated rings.